The topological polar surface area (TPSA) is 6.48 Å². The Morgan fingerprint density at radius 1 is 0.714 bits per heavy atom. The molecule has 0 saturated carbocycles. The molecule has 0 aromatic rings. The van der Waals surface area contributed by atoms with E-state index in [4.69, 9.17) is 0 Å². The average Bonchev–Trinajstić information content (AvgIpc) is 2.15. The summed E-state index contributed by atoms with van der Waals surface area (Å²) >= 11 is 0. The fraction of sp³-hybridized carbons (Fsp3) is 1.00. The molecule has 0 aliphatic heterocycles. The number of nitrogens with zero attached hydrogens (tertiary/aromatic N) is 2. The first-order chi connectivity index (χ1) is 6.72. The molecule has 0 aromatic carbocycles. The van der Waals surface area contributed by atoms with Crippen LogP contribution >= 0.6 is 0 Å². The second-order valence-electron chi connectivity index (χ2n) is 4.22. The number of hydrazine groups is 1. The lowest BCUT2D eigenvalue weighted by molar-refractivity contribution is 0.0218. The van der Waals surface area contributed by atoms with Crippen molar-refractivity contribution < 1.29 is 0 Å². The van der Waals surface area contributed by atoms with Crippen molar-refractivity contribution in [2.24, 2.45) is 0 Å². The molecule has 86 valence electrons. The fourth-order valence-corrected chi connectivity index (χ4v) is 1.60. The lowest BCUT2D eigenvalue weighted by Gasteiger charge is -2.28. The molecule has 14 heavy (non-hydrogen) atoms. The molecule has 0 aliphatic carbocycles. The zero-order chi connectivity index (χ0) is 10.8. The summed E-state index contributed by atoms with van der Waals surface area (Å²) in [6.07, 6.45) is 8.02. The van der Waals surface area contributed by atoms with Crippen molar-refractivity contribution in [3.05, 3.63) is 0 Å². The Labute approximate surface area is 90.2 Å². The van der Waals surface area contributed by atoms with E-state index >= 15 is 0 Å². The smallest absolute Gasteiger partial charge is 0.0133 e. The van der Waals surface area contributed by atoms with Gasteiger partial charge in [0.05, 0.1) is 0 Å². The molecule has 0 aliphatic rings. The van der Waals surface area contributed by atoms with Crippen molar-refractivity contribution in [1.29, 1.82) is 0 Å². The Morgan fingerprint density at radius 2 is 1.14 bits per heavy atom. The summed E-state index contributed by atoms with van der Waals surface area (Å²) in [5.41, 5.74) is 0. The Bertz CT molecular complexity index is 103. The second-order valence-corrected chi connectivity index (χ2v) is 4.22. The molecule has 0 spiro atoms. The molecule has 0 atom stereocenters. The van der Waals surface area contributed by atoms with Gasteiger partial charge in [0.2, 0.25) is 0 Å². The number of rotatable bonds is 9. The minimum Gasteiger partial charge on any atom is -0.248 e. The summed E-state index contributed by atoms with van der Waals surface area (Å²) < 4.78 is 0. The molecule has 0 fully saturated rings. The van der Waals surface area contributed by atoms with Crippen LogP contribution in [0.4, 0.5) is 0 Å². The lowest BCUT2D eigenvalue weighted by Crippen LogP contribution is -2.38. The maximum Gasteiger partial charge on any atom is 0.0133 e. The van der Waals surface area contributed by atoms with Crippen LogP contribution in [0, 0.1) is 0 Å². The highest BCUT2D eigenvalue weighted by Crippen LogP contribution is 2.03. The van der Waals surface area contributed by atoms with Gasteiger partial charge in [-0.3, -0.25) is 0 Å². The molecule has 0 heterocycles. The van der Waals surface area contributed by atoms with Gasteiger partial charge in [-0.1, -0.05) is 39.5 Å². The summed E-state index contributed by atoms with van der Waals surface area (Å²) in [7, 11) is 4.30. The highest BCUT2D eigenvalue weighted by Gasteiger charge is 2.05. The van der Waals surface area contributed by atoms with Crippen LogP contribution in [0.25, 0.3) is 0 Å². The van der Waals surface area contributed by atoms with Crippen LogP contribution in [0.2, 0.25) is 0 Å². The zero-order valence-corrected chi connectivity index (χ0v) is 10.6. The van der Waals surface area contributed by atoms with Crippen LogP contribution in [0.1, 0.15) is 52.4 Å². The third kappa shape index (κ3) is 7.34. The molecule has 0 bridgehead atoms. The molecule has 0 amide bonds. The molecule has 0 aromatic heterocycles. The predicted octanol–water partition coefficient (Wildman–Crippen LogP) is 3.15. The van der Waals surface area contributed by atoms with E-state index < -0.39 is 0 Å². The average molecular weight is 200 g/mol. The lowest BCUT2D eigenvalue weighted by atomic mass is 10.2. The Balaban J connectivity index is 3.55. The van der Waals surface area contributed by atoms with Crippen molar-refractivity contribution >= 4 is 0 Å². The van der Waals surface area contributed by atoms with Gasteiger partial charge in [0.15, 0.2) is 0 Å². The Hall–Kier alpha value is -0.0800. The summed E-state index contributed by atoms with van der Waals surface area (Å²) in [5, 5.41) is 4.70. The fourth-order valence-electron chi connectivity index (χ4n) is 1.60. The molecular formula is C12H28N2. The summed E-state index contributed by atoms with van der Waals surface area (Å²) in [5.74, 6) is 0. The summed E-state index contributed by atoms with van der Waals surface area (Å²) in [6.45, 7) is 6.98. The van der Waals surface area contributed by atoms with E-state index in [9.17, 15) is 0 Å². The van der Waals surface area contributed by atoms with Crippen LogP contribution in [-0.2, 0) is 0 Å². The van der Waals surface area contributed by atoms with E-state index in [0.717, 1.165) is 0 Å². The first kappa shape index (κ1) is 13.9. The largest absolute Gasteiger partial charge is 0.248 e. The molecule has 2 nitrogen and oxygen atoms in total. The number of unbranched alkanes of at least 4 members (excludes halogenated alkanes) is 4. The van der Waals surface area contributed by atoms with Gasteiger partial charge in [0, 0.05) is 27.2 Å². The number of hydrogen-bond acceptors (Lipinski definition) is 2. The predicted molar refractivity (Wildman–Crippen MR) is 64.3 cm³/mol. The first-order valence-corrected chi connectivity index (χ1v) is 6.14. The van der Waals surface area contributed by atoms with E-state index in [1.165, 1.54) is 51.6 Å². The van der Waals surface area contributed by atoms with Crippen molar-refractivity contribution in [2.75, 3.05) is 27.2 Å². The first-order valence-electron chi connectivity index (χ1n) is 6.14. The molecule has 0 rings (SSSR count). The third-order valence-electron chi connectivity index (χ3n) is 2.61. The SMILES string of the molecule is CCCCCN(CCCCC)N(C)C. The van der Waals surface area contributed by atoms with E-state index in [-0.39, 0.29) is 0 Å². The monoisotopic (exact) mass is 200 g/mol. The van der Waals surface area contributed by atoms with E-state index in [2.05, 4.69) is 38.0 Å². The van der Waals surface area contributed by atoms with Crippen molar-refractivity contribution in [2.45, 2.75) is 52.4 Å². The highest BCUT2D eigenvalue weighted by atomic mass is 15.6. The van der Waals surface area contributed by atoms with Crippen molar-refractivity contribution in [3.63, 3.8) is 0 Å². The Kier molecular flexibility index (Phi) is 9.42. The summed E-state index contributed by atoms with van der Waals surface area (Å²) in [6, 6.07) is 0. The minimum atomic E-state index is 1.23. The molecule has 2 heteroatoms. The molecule has 0 N–H and O–H groups in total. The second kappa shape index (κ2) is 9.47. The summed E-state index contributed by atoms with van der Waals surface area (Å²) in [4.78, 5) is 0. The van der Waals surface area contributed by atoms with Gasteiger partial charge in [-0.2, -0.15) is 0 Å². The maximum atomic E-state index is 2.46. The van der Waals surface area contributed by atoms with E-state index in [1.54, 1.807) is 0 Å². The highest BCUT2D eigenvalue weighted by molar-refractivity contribution is 4.53. The van der Waals surface area contributed by atoms with E-state index in [0.29, 0.717) is 0 Å². The van der Waals surface area contributed by atoms with Crippen LogP contribution in [0.3, 0.4) is 0 Å². The minimum absolute atomic E-state index is 1.23. The standard InChI is InChI=1S/C12H28N2/c1-5-7-9-11-14(13(3)4)12-10-8-6-2/h5-12H2,1-4H3. The molecule has 0 saturated heterocycles. The van der Waals surface area contributed by atoms with Gasteiger partial charge >= 0.3 is 0 Å². The number of hydrogen-bond donors (Lipinski definition) is 0. The van der Waals surface area contributed by atoms with Crippen LogP contribution in [-0.4, -0.2) is 37.2 Å². The van der Waals surface area contributed by atoms with E-state index in [1.807, 2.05) is 0 Å². The van der Waals surface area contributed by atoms with Gasteiger partial charge < -0.3 is 0 Å². The maximum absolute atomic E-state index is 2.46. The third-order valence-corrected chi connectivity index (χ3v) is 2.61. The van der Waals surface area contributed by atoms with Crippen LogP contribution < -0.4 is 0 Å². The molecule has 0 unspecified atom stereocenters. The zero-order valence-electron chi connectivity index (χ0n) is 10.6. The molecule has 0 radical (unpaired) electrons. The quantitative estimate of drug-likeness (QED) is 0.417. The van der Waals surface area contributed by atoms with Gasteiger partial charge in [-0.25, -0.2) is 10.0 Å². The van der Waals surface area contributed by atoms with Gasteiger partial charge in [0.1, 0.15) is 0 Å². The molecular weight excluding hydrogens is 172 g/mol. The van der Waals surface area contributed by atoms with Crippen molar-refractivity contribution in [3.8, 4) is 0 Å². The van der Waals surface area contributed by atoms with Gasteiger partial charge in [-0.05, 0) is 12.8 Å². The van der Waals surface area contributed by atoms with Gasteiger partial charge in [-0.15, -0.1) is 0 Å². The normalized spacial score (nSPS) is 11.6. The van der Waals surface area contributed by atoms with Crippen LogP contribution in [0.15, 0.2) is 0 Å². The Morgan fingerprint density at radius 3 is 1.43 bits per heavy atom. The van der Waals surface area contributed by atoms with Gasteiger partial charge in [0.25, 0.3) is 0 Å². The van der Waals surface area contributed by atoms with Crippen molar-refractivity contribution in [1.82, 2.24) is 10.0 Å². The van der Waals surface area contributed by atoms with Crippen LogP contribution in [0.5, 0.6) is 0 Å².